The van der Waals surface area contributed by atoms with Crippen LogP contribution in [0.25, 0.3) is 5.69 Å². The van der Waals surface area contributed by atoms with E-state index in [0.29, 0.717) is 11.3 Å². The molecule has 0 bridgehead atoms. The highest BCUT2D eigenvalue weighted by atomic mass is 32.1. The van der Waals surface area contributed by atoms with Gasteiger partial charge in [-0.05, 0) is 60.5 Å². The standard InChI is InChI=1S/C20H18F3N3OS/c1-13-8-16(11-24-25-19(27)9-15-6-7-28-12-15)14(2)26(13)18-5-3-4-17(10-18)20(21,22)23/h3-8,10-12H,9H2,1-2H3,(H,25,27)/b24-11+. The first-order valence-electron chi connectivity index (χ1n) is 8.45. The van der Waals surface area contributed by atoms with Crippen molar-refractivity contribution < 1.29 is 18.0 Å². The predicted molar refractivity (Wildman–Crippen MR) is 104 cm³/mol. The number of hydrogen-bond donors (Lipinski definition) is 1. The molecule has 28 heavy (non-hydrogen) atoms. The highest BCUT2D eigenvalue weighted by Crippen LogP contribution is 2.31. The van der Waals surface area contributed by atoms with Gasteiger partial charge in [-0.25, -0.2) is 5.43 Å². The molecule has 0 saturated heterocycles. The molecule has 2 heterocycles. The van der Waals surface area contributed by atoms with E-state index in [4.69, 9.17) is 0 Å². The van der Waals surface area contributed by atoms with E-state index in [1.807, 2.05) is 22.9 Å². The van der Waals surface area contributed by atoms with Gasteiger partial charge in [0.1, 0.15) is 0 Å². The molecule has 0 saturated carbocycles. The molecule has 0 aliphatic heterocycles. The fourth-order valence-electron chi connectivity index (χ4n) is 2.93. The average molecular weight is 405 g/mol. The van der Waals surface area contributed by atoms with Gasteiger partial charge in [-0.2, -0.15) is 29.6 Å². The number of amides is 1. The molecule has 146 valence electrons. The van der Waals surface area contributed by atoms with Gasteiger partial charge in [0.15, 0.2) is 0 Å². The van der Waals surface area contributed by atoms with Crippen molar-refractivity contribution in [3.63, 3.8) is 0 Å². The molecule has 0 radical (unpaired) electrons. The summed E-state index contributed by atoms with van der Waals surface area (Å²) in [7, 11) is 0. The molecule has 3 rings (SSSR count). The van der Waals surface area contributed by atoms with Crippen molar-refractivity contribution >= 4 is 23.5 Å². The van der Waals surface area contributed by atoms with E-state index in [-0.39, 0.29) is 12.3 Å². The molecule has 1 aromatic carbocycles. The first-order chi connectivity index (χ1) is 13.3. The molecule has 0 spiro atoms. The summed E-state index contributed by atoms with van der Waals surface area (Å²) in [6.45, 7) is 3.60. The summed E-state index contributed by atoms with van der Waals surface area (Å²) < 4.78 is 40.7. The average Bonchev–Trinajstić information content (AvgIpc) is 3.22. The zero-order valence-electron chi connectivity index (χ0n) is 15.2. The zero-order chi connectivity index (χ0) is 20.3. The molecular weight excluding hydrogens is 387 g/mol. The zero-order valence-corrected chi connectivity index (χ0v) is 16.1. The summed E-state index contributed by atoms with van der Waals surface area (Å²) >= 11 is 1.52. The molecule has 0 atom stereocenters. The van der Waals surface area contributed by atoms with Crippen LogP contribution in [0.4, 0.5) is 13.2 Å². The molecule has 2 aromatic heterocycles. The molecule has 8 heteroatoms. The van der Waals surface area contributed by atoms with Gasteiger partial charge >= 0.3 is 6.18 Å². The number of aromatic nitrogens is 1. The second-order valence-electron chi connectivity index (χ2n) is 6.31. The molecule has 0 aliphatic carbocycles. The minimum Gasteiger partial charge on any atom is -0.318 e. The van der Waals surface area contributed by atoms with Gasteiger partial charge in [0, 0.05) is 22.6 Å². The molecule has 1 N–H and O–H groups in total. The lowest BCUT2D eigenvalue weighted by Crippen LogP contribution is -2.19. The van der Waals surface area contributed by atoms with Crippen molar-refractivity contribution in [2.45, 2.75) is 26.4 Å². The van der Waals surface area contributed by atoms with Crippen LogP contribution >= 0.6 is 11.3 Å². The molecule has 0 fully saturated rings. The Morgan fingerprint density at radius 2 is 2.04 bits per heavy atom. The van der Waals surface area contributed by atoms with Crippen molar-refractivity contribution in [1.82, 2.24) is 9.99 Å². The maximum Gasteiger partial charge on any atom is 0.416 e. The van der Waals surface area contributed by atoms with Crippen LogP contribution < -0.4 is 5.43 Å². The SMILES string of the molecule is Cc1cc(/C=N/NC(=O)Cc2ccsc2)c(C)n1-c1cccc(C(F)(F)F)c1. The van der Waals surface area contributed by atoms with E-state index < -0.39 is 11.7 Å². The van der Waals surface area contributed by atoms with Crippen LogP contribution in [0.3, 0.4) is 0 Å². The molecule has 1 amide bonds. The number of nitrogens with one attached hydrogen (secondary N) is 1. The van der Waals surface area contributed by atoms with Crippen LogP contribution in [0.1, 0.15) is 28.1 Å². The van der Waals surface area contributed by atoms with Crippen LogP contribution in [0, 0.1) is 13.8 Å². The first-order valence-corrected chi connectivity index (χ1v) is 9.39. The Morgan fingerprint density at radius 3 is 2.71 bits per heavy atom. The van der Waals surface area contributed by atoms with Gasteiger partial charge in [0.2, 0.25) is 5.91 Å². The van der Waals surface area contributed by atoms with E-state index in [1.54, 1.807) is 24.5 Å². The minimum absolute atomic E-state index is 0.235. The summed E-state index contributed by atoms with van der Waals surface area (Å²) in [5.41, 5.74) is 5.32. The van der Waals surface area contributed by atoms with E-state index in [9.17, 15) is 18.0 Å². The van der Waals surface area contributed by atoms with Crippen LogP contribution in [0.2, 0.25) is 0 Å². The lowest BCUT2D eigenvalue weighted by Gasteiger charge is -2.13. The summed E-state index contributed by atoms with van der Waals surface area (Å²) in [4.78, 5) is 11.9. The summed E-state index contributed by atoms with van der Waals surface area (Å²) in [5.74, 6) is -0.235. The van der Waals surface area contributed by atoms with E-state index >= 15 is 0 Å². The van der Waals surface area contributed by atoms with Gasteiger partial charge in [-0.1, -0.05) is 6.07 Å². The number of halogens is 3. The minimum atomic E-state index is -4.40. The van der Waals surface area contributed by atoms with Crippen molar-refractivity contribution in [2.24, 2.45) is 5.10 Å². The first kappa shape index (κ1) is 19.9. The number of carbonyl (C=O) groups excluding carboxylic acids is 1. The number of aryl methyl sites for hydroxylation is 1. The second-order valence-corrected chi connectivity index (χ2v) is 7.09. The molecule has 0 unspecified atom stereocenters. The van der Waals surface area contributed by atoms with E-state index in [2.05, 4.69) is 10.5 Å². The van der Waals surface area contributed by atoms with Crippen LogP contribution in [-0.2, 0) is 17.4 Å². The normalized spacial score (nSPS) is 11.9. The van der Waals surface area contributed by atoms with E-state index in [0.717, 1.165) is 29.1 Å². The van der Waals surface area contributed by atoms with Gasteiger partial charge in [0.25, 0.3) is 0 Å². The van der Waals surface area contributed by atoms with Crippen molar-refractivity contribution in [3.8, 4) is 5.69 Å². The summed E-state index contributed by atoms with van der Waals surface area (Å²) in [6.07, 6.45) is -2.66. The molecule has 4 nitrogen and oxygen atoms in total. The number of alkyl halides is 3. The molecule has 0 aliphatic rings. The third kappa shape index (κ3) is 4.51. The predicted octanol–water partition coefficient (Wildman–Crippen LogP) is 4.87. The van der Waals surface area contributed by atoms with Gasteiger partial charge in [0.05, 0.1) is 18.2 Å². The van der Waals surface area contributed by atoms with Gasteiger partial charge < -0.3 is 4.57 Å². The van der Waals surface area contributed by atoms with Gasteiger partial charge in [-0.3, -0.25) is 4.79 Å². The lowest BCUT2D eigenvalue weighted by molar-refractivity contribution is -0.137. The number of carbonyl (C=O) groups is 1. The maximum absolute atomic E-state index is 13.0. The quantitative estimate of drug-likeness (QED) is 0.478. The fourth-order valence-corrected chi connectivity index (χ4v) is 3.60. The second kappa shape index (κ2) is 8.02. The highest BCUT2D eigenvalue weighted by molar-refractivity contribution is 7.08. The largest absolute Gasteiger partial charge is 0.416 e. The van der Waals surface area contributed by atoms with Crippen LogP contribution in [0.5, 0.6) is 0 Å². The fraction of sp³-hybridized carbons (Fsp3) is 0.200. The number of rotatable bonds is 5. The number of benzene rings is 1. The van der Waals surface area contributed by atoms with Crippen molar-refractivity contribution in [3.05, 3.63) is 75.2 Å². The Labute approximate surface area is 164 Å². The number of nitrogens with zero attached hydrogens (tertiary/aromatic N) is 2. The summed E-state index contributed by atoms with van der Waals surface area (Å²) in [6, 6.07) is 8.85. The highest BCUT2D eigenvalue weighted by Gasteiger charge is 2.30. The Kier molecular flexibility index (Phi) is 5.69. The number of hydrazone groups is 1. The number of hydrogen-bond acceptors (Lipinski definition) is 3. The summed E-state index contributed by atoms with van der Waals surface area (Å²) in [5, 5.41) is 7.77. The third-order valence-corrected chi connectivity index (χ3v) is 4.97. The Hall–Kier alpha value is -2.87. The van der Waals surface area contributed by atoms with E-state index in [1.165, 1.54) is 23.6 Å². The topological polar surface area (TPSA) is 46.4 Å². The molecule has 3 aromatic rings. The maximum atomic E-state index is 13.0. The third-order valence-electron chi connectivity index (χ3n) is 4.24. The van der Waals surface area contributed by atoms with Crippen LogP contribution in [-0.4, -0.2) is 16.7 Å². The smallest absolute Gasteiger partial charge is 0.318 e. The molecular formula is C20H18F3N3OS. The van der Waals surface area contributed by atoms with Crippen molar-refractivity contribution in [1.29, 1.82) is 0 Å². The van der Waals surface area contributed by atoms with Crippen LogP contribution in [0.15, 0.2) is 52.3 Å². The van der Waals surface area contributed by atoms with Crippen molar-refractivity contribution in [2.75, 3.05) is 0 Å². The Balaban J connectivity index is 1.78. The number of thiophene rings is 1. The lowest BCUT2D eigenvalue weighted by atomic mass is 10.2. The monoisotopic (exact) mass is 405 g/mol. The van der Waals surface area contributed by atoms with Gasteiger partial charge in [-0.15, -0.1) is 0 Å². The Morgan fingerprint density at radius 1 is 1.25 bits per heavy atom. The Bertz CT molecular complexity index is 1000.